The van der Waals surface area contributed by atoms with E-state index in [1.807, 2.05) is 24.3 Å². The van der Waals surface area contributed by atoms with Gasteiger partial charge in [-0.05, 0) is 66.7 Å². The van der Waals surface area contributed by atoms with Crippen LogP contribution in [0.4, 0.5) is 11.4 Å². The molecule has 0 fully saturated rings. The maximum absolute atomic E-state index is 12.7. The number of furan rings is 1. The number of nitrogens with zero attached hydrogens (tertiary/aromatic N) is 4. The lowest BCUT2D eigenvalue weighted by molar-refractivity contribution is -0.384. The van der Waals surface area contributed by atoms with Gasteiger partial charge in [0.1, 0.15) is 22.5 Å². The lowest BCUT2D eigenvalue weighted by atomic mass is 10.1. The summed E-state index contributed by atoms with van der Waals surface area (Å²) in [5, 5.41) is 22.5. The van der Waals surface area contributed by atoms with Crippen LogP contribution in [0.5, 0.6) is 5.75 Å². The number of non-ortho nitro benzene ring substituents is 1. The number of ether oxygens (including phenoxy) is 1. The molecule has 2 aromatic heterocycles. The summed E-state index contributed by atoms with van der Waals surface area (Å²) >= 11 is 0. The van der Waals surface area contributed by atoms with Gasteiger partial charge in [-0.25, -0.2) is 0 Å². The van der Waals surface area contributed by atoms with Crippen molar-refractivity contribution in [2.75, 3.05) is 12.4 Å². The number of rotatable bonds is 6. The van der Waals surface area contributed by atoms with Crippen molar-refractivity contribution in [1.29, 1.82) is 0 Å². The van der Waals surface area contributed by atoms with E-state index in [0.717, 1.165) is 11.4 Å². The van der Waals surface area contributed by atoms with Gasteiger partial charge in [0.15, 0.2) is 5.76 Å². The second kappa shape index (κ2) is 8.51. The van der Waals surface area contributed by atoms with Crippen LogP contribution in [-0.4, -0.2) is 32.9 Å². The van der Waals surface area contributed by atoms with Gasteiger partial charge >= 0.3 is 0 Å². The van der Waals surface area contributed by atoms with Crippen molar-refractivity contribution in [2.24, 2.45) is 0 Å². The summed E-state index contributed by atoms with van der Waals surface area (Å²) < 4.78 is 10.8. The smallest absolute Gasteiger partial charge is 0.291 e. The quantitative estimate of drug-likeness (QED) is 0.286. The molecule has 0 aliphatic carbocycles. The molecule has 10 heteroatoms. The summed E-state index contributed by atoms with van der Waals surface area (Å²) in [6.07, 6.45) is 0. The van der Waals surface area contributed by atoms with E-state index in [9.17, 15) is 14.9 Å². The maximum atomic E-state index is 12.7. The number of nitrogens with one attached hydrogen (secondary N) is 1. The van der Waals surface area contributed by atoms with Crippen LogP contribution in [0.15, 0.2) is 83.3 Å². The Morgan fingerprint density at radius 2 is 1.71 bits per heavy atom. The van der Waals surface area contributed by atoms with Crippen LogP contribution in [0.2, 0.25) is 0 Å². The first-order chi connectivity index (χ1) is 16.5. The van der Waals surface area contributed by atoms with Gasteiger partial charge in [0.2, 0.25) is 0 Å². The number of nitro groups is 1. The third-order valence-electron chi connectivity index (χ3n) is 5.13. The summed E-state index contributed by atoms with van der Waals surface area (Å²) in [6.45, 7) is 0. The van der Waals surface area contributed by atoms with E-state index in [2.05, 4.69) is 15.5 Å². The average Bonchev–Trinajstić information content (AvgIpc) is 3.52. The number of anilines is 1. The summed E-state index contributed by atoms with van der Waals surface area (Å²) in [4.78, 5) is 24.5. The van der Waals surface area contributed by atoms with Crippen LogP contribution in [0.25, 0.3) is 28.0 Å². The van der Waals surface area contributed by atoms with Gasteiger partial charge in [-0.2, -0.15) is 4.80 Å². The molecule has 0 aliphatic heterocycles. The number of nitro benzene ring substituents is 1. The lowest BCUT2D eigenvalue weighted by Gasteiger charge is -2.02. The molecular weight excluding hydrogens is 438 g/mol. The zero-order valence-corrected chi connectivity index (χ0v) is 17.8. The van der Waals surface area contributed by atoms with Gasteiger partial charge in [-0.1, -0.05) is 0 Å². The molecule has 10 nitrogen and oxygen atoms in total. The zero-order chi connectivity index (χ0) is 23.7. The minimum absolute atomic E-state index is 0.0208. The molecule has 0 radical (unpaired) electrons. The Kier molecular flexibility index (Phi) is 5.23. The Morgan fingerprint density at radius 3 is 2.41 bits per heavy atom. The van der Waals surface area contributed by atoms with Gasteiger partial charge in [0.25, 0.3) is 11.6 Å². The molecule has 0 aliphatic rings. The number of aromatic nitrogens is 3. The van der Waals surface area contributed by atoms with Gasteiger partial charge in [-0.3, -0.25) is 14.9 Å². The minimum Gasteiger partial charge on any atom is -0.497 e. The molecule has 5 aromatic rings. The monoisotopic (exact) mass is 455 g/mol. The highest BCUT2D eigenvalue weighted by atomic mass is 16.6. The molecule has 5 rings (SSSR count). The largest absolute Gasteiger partial charge is 0.497 e. The van der Waals surface area contributed by atoms with Crippen LogP contribution in [0.3, 0.4) is 0 Å². The number of benzene rings is 3. The Bertz CT molecular complexity index is 1500. The standard InChI is InChI=1S/C24H17N5O5/c1-33-19-9-7-17(8-10-19)28-26-20-11-4-16(14-21(20)27-28)25-24(30)23-13-12-22(34-23)15-2-5-18(6-3-15)29(31)32/h2-14H,1H3,(H,25,30). The number of methoxy groups -OCH3 is 1. The number of amides is 1. The van der Waals surface area contributed by atoms with Crippen molar-refractivity contribution >= 4 is 28.3 Å². The fraction of sp³-hybridized carbons (Fsp3) is 0.0417. The predicted molar refractivity (Wildman–Crippen MR) is 124 cm³/mol. The lowest BCUT2D eigenvalue weighted by Crippen LogP contribution is -2.10. The molecule has 0 saturated heterocycles. The van der Waals surface area contributed by atoms with Gasteiger partial charge < -0.3 is 14.5 Å². The number of carbonyl (C=O) groups is 1. The first-order valence-electron chi connectivity index (χ1n) is 10.2. The first kappa shape index (κ1) is 20.9. The first-order valence-corrected chi connectivity index (χ1v) is 10.2. The molecule has 0 unspecified atom stereocenters. The van der Waals surface area contributed by atoms with E-state index in [0.29, 0.717) is 28.0 Å². The predicted octanol–water partition coefficient (Wildman–Crippen LogP) is 4.85. The normalized spacial score (nSPS) is 10.9. The van der Waals surface area contributed by atoms with Crippen LogP contribution >= 0.6 is 0 Å². The molecule has 34 heavy (non-hydrogen) atoms. The zero-order valence-electron chi connectivity index (χ0n) is 17.8. The van der Waals surface area contributed by atoms with Gasteiger partial charge in [0.05, 0.1) is 17.7 Å². The number of hydrogen-bond acceptors (Lipinski definition) is 7. The maximum Gasteiger partial charge on any atom is 0.291 e. The Balaban J connectivity index is 1.32. The molecule has 0 bridgehead atoms. The SMILES string of the molecule is COc1ccc(-n2nc3ccc(NC(=O)c4ccc(-c5ccc([N+](=O)[O-])cc5)o4)cc3n2)cc1. The van der Waals surface area contributed by atoms with E-state index < -0.39 is 10.8 Å². The highest BCUT2D eigenvalue weighted by Crippen LogP contribution is 2.25. The summed E-state index contributed by atoms with van der Waals surface area (Å²) in [6, 6.07) is 21.6. The minimum atomic E-state index is -0.475. The van der Waals surface area contributed by atoms with E-state index in [1.54, 1.807) is 49.6 Å². The molecule has 1 amide bonds. The van der Waals surface area contributed by atoms with E-state index in [1.165, 1.54) is 16.9 Å². The molecular formula is C24H17N5O5. The fourth-order valence-corrected chi connectivity index (χ4v) is 3.38. The highest BCUT2D eigenvalue weighted by Gasteiger charge is 2.15. The third kappa shape index (κ3) is 4.07. The number of carbonyl (C=O) groups excluding carboxylic acids is 1. The van der Waals surface area contributed by atoms with Crippen molar-refractivity contribution in [3.8, 4) is 22.8 Å². The van der Waals surface area contributed by atoms with Crippen LogP contribution in [0, 0.1) is 10.1 Å². The van der Waals surface area contributed by atoms with Crippen molar-refractivity contribution in [1.82, 2.24) is 15.0 Å². The Hall–Kier alpha value is -4.99. The second-order valence-electron chi connectivity index (χ2n) is 7.31. The van der Waals surface area contributed by atoms with Crippen molar-refractivity contribution in [3.63, 3.8) is 0 Å². The van der Waals surface area contributed by atoms with Gasteiger partial charge in [-0.15, -0.1) is 10.2 Å². The number of fused-ring (bicyclic) bond motifs is 1. The van der Waals surface area contributed by atoms with Gasteiger partial charge in [0, 0.05) is 23.4 Å². The third-order valence-corrected chi connectivity index (χ3v) is 5.13. The molecule has 3 aromatic carbocycles. The fourth-order valence-electron chi connectivity index (χ4n) is 3.38. The van der Waals surface area contributed by atoms with Crippen molar-refractivity contribution in [2.45, 2.75) is 0 Å². The number of hydrogen-bond donors (Lipinski definition) is 1. The highest BCUT2D eigenvalue weighted by molar-refractivity contribution is 6.03. The molecule has 0 spiro atoms. The Labute approximate surface area is 192 Å². The molecule has 0 saturated carbocycles. The van der Waals surface area contributed by atoms with Crippen LogP contribution < -0.4 is 10.1 Å². The van der Waals surface area contributed by atoms with E-state index in [4.69, 9.17) is 9.15 Å². The summed E-state index contributed by atoms with van der Waals surface area (Å²) in [5.74, 6) is 0.837. The van der Waals surface area contributed by atoms with Crippen LogP contribution in [-0.2, 0) is 0 Å². The average molecular weight is 455 g/mol. The summed E-state index contributed by atoms with van der Waals surface area (Å²) in [7, 11) is 1.60. The molecule has 2 heterocycles. The topological polar surface area (TPSA) is 125 Å². The second-order valence-corrected chi connectivity index (χ2v) is 7.31. The molecule has 1 N–H and O–H groups in total. The van der Waals surface area contributed by atoms with E-state index in [-0.39, 0.29) is 11.4 Å². The molecule has 168 valence electrons. The Morgan fingerprint density at radius 1 is 0.971 bits per heavy atom. The van der Waals surface area contributed by atoms with Crippen molar-refractivity contribution in [3.05, 3.63) is 94.7 Å². The van der Waals surface area contributed by atoms with Crippen molar-refractivity contribution < 1.29 is 18.9 Å². The van der Waals surface area contributed by atoms with Crippen LogP contribution in [0.1, 0.15) is 10.6 Å². The van der Waals surface area contributed by atoms with E-state index >= 15 is 0 Å². The molecule has 0 atom stereocenters. The summed E-state index contributed by atoms with van der Waals surface area (Å²) in [5.41, 5.74) is 3.20.